The normalized spacial score (nSPS) is 21.1. The molecule has 0 bridgehead atoms. The van der Waals surface area contributed by atoms with Gasteiger partial charge in [0.25, 0.3) is 0 Å². The fraction of sp³-hybridized carbons (Fsp3) is 0.526. The number of methoxy groups -OCH3 is 1. The van der Waals surface area contributed by atoms with E-state index in [0.29, 0.717) is 26.1 Å². The van der Waals surface area contributed by atoms with Crippen molar-refractivity contribution in [1.82, 2.24) is 19.9 Å². The molecule has 2 aliphatic heterocycles. The third-order valence-electron chi connectivity index (χ3n) is 5.00. The van der Waals surface area contributed by atoms with Crippen molar-refractivity contribution in [1.29, 1.82) is 0 Å². The van der Waals surface area contributed by atoms with E-state index in [4.69, 9.17) is 9.47 Å². The van der Waals surface area contributed by atoms with Crippen molar-refractivity contribution in [2.24, 2.45) is 0 Å². The minimum atomic E-state index is -0.158. The zero-order chi connectivity index (χ0) is 18.3. The van der Waals surface area contributed by atoms with E-state index >= 15 is 0 Å². The number of carbonyl (C=O) groups excluding carboxylic acids is 1. The van der Waals surface area contributed by atoms with Crippen LogP contribution in [0.2, 0.25) is 0 Å². The van der Waals surface area contributed by atoms with E-state index in [0.717, 1.165) is 23.4 Å². The van der Waals surface area contributed by atoms with Gasteiger partial charge < -0.3 is 14.4 Å². The van der Waals surface area contributed by atoms with E-state index in [1.165, 1.54) is 5.56 Å². The highest BCUT2D eigenvalue weighted by Crippen LogP contribution is 2.37. The van der Waals surface area contributed by atoms with E-state index in [1.54, 1.807) is 7.11 Å². The number of ether oxygens (including phenoxy) is 2. The Hall–Kier alpha value is -2.41. The van der Waals surface area contributed by atoms with Crippen molar-refractivity contribution in [3.63, 3.8) is 0 Å². The van der Waals surface area contributed by atoms with E-state index in [1.807, 2.05) is 27.9 Å². The molecular weight excluding hydrogens is 332 g/mol. The number of aromatic nitrogens is 3. The molecule has 0 radical (unpaired) electrons. The van der Waals surface area contributed by atoms with E-state index in [2.05, 4.69) is 30.2 Å². The molecule has 138 valence electrons. The van der Waals surface area contributed by atoms with Gasteiger partial charge >= 0.3 is 0 Å². The molecule has 1 aromatic heterocycles. The average molecular weight is 356 g/mol. The molecule has 1 fully saturated rings. The third kappa shape index (κ3) is 3.19. The Labute approximate surface area is 152 Å². The van der Waals surface area contributed by atoms with Gasteiger partial charge in [-0.05, 0) is 37.6 Å². The molecule has 0 aliphatic carbocycles. The van der Waals surface area contributed by atoms with Crippen LogP contribution in [-0.2, 0) is 16.0 Å². The number of nitrogens with zero attached hydrogens (tertiary/aromatic N) is 4. The number of amides is 1. The number of hydrogen-bond donors (Lipinski definition) is 0. The summed E-state index contributed by atoms with van der Waals surface area (Å²) < 4.78 is 12.8. The Morgan fingerprint density at radius 1 is 1.38 bits per heavy atom. The summed E-state index contributed by atoms with van der Waals surface area (Å²) in [5.41, 5.74) is 2.88. The van der Waals surface area contributed by atoms with Gasteiger partial charge in [-0.15, -0.1) is 5.10 Å². The van der Waals surface area contributed by atoms with E-state index in [-0.39, 0.29) is 17.6 Å². The molecule has 1 amide bonds. The van der Waals surface area contributed by atoms with Crippen LogP contribution in [0.3, 0.4) is 0 Å². The lowest BCUT2D eigenvalue weighted by Gasteiger charge is -2.16. The summed E-state index contributed by atoms with van der Waals surface area (Å²) >= 11 is 0. The number of rotatable bonds is 5. The van der Waals surface area contributed by atoms with Crippen LogP contribution in [0.25, 0.3) is 11.3 Å². The number of benzene rings is 1. The Balaban J connectivity index is 1.50. The van der Waals surface area contributed by atoms with Crippen molar-refractivity contribution in [2.75, 3.05) is 26.8 Å². The van der Waals surface area contributed by atoms with Crippen molar-refractivity contribution < 1.29 is 14.3 Å². The maximum Gasteiger partial charge on any atom is 0.224 e. The van der Waals surface area contributed by atoms with Crippen LogP contribution in [0.5, 0.6) is 5.75 Å². The standard InChI is InChI=1S/C19H24N4O3/c1-19(2)10-14-8-13(4-5-17(14)26-19)16-12-23(21-20-16)15-9-18(24)22(11-15)6-7-25-3/h4-5,8,12,15H,6-7,9-11H2,1-3H3/t15-/m0/s1. The first kappa shape index (κ1) is 17.0. The van der Waals surface area contributed by atoms with Crippen LogP contribution in [0, 0.1) is 0 Å². The molecule has 1 aromatic carbocycles. The lowest BCUT2D eigenvalue weighted by atomic mass is 9.99. The zero-order valence-electron chi connectivity index (χ0n) is 15.4. The minimum Gasteiger partial charge on any atom is -0.487 e. The Bertz CT molecular complexity index is 830. The highest BCUT2D eigenvalue weighted by Gasteiger charge is 2.32. The van der Waals surface area contributed by atoms with Gasteiger partial charge in [-0.3, -0.25) is 4.79 Å². The summed E-state index contributed by atoms with van der Waals surface area (Å²) in [6.45, 7) is 6.00. The van der Waals surface area contributed by atoms with Gasteiger partial charge in [-0.2, -0.15) is 0 Å². The average Bonchev–Trinajstić information content (AvgIpc) is 3.27. The monoisotopic (exact) mass is 356 g/mol. The molecule has 7 nitrogen and oxygen atoms in total. The minimum absolute atomic E-state index is 0.0253. The van der Waals surface area contributed by atoms with Crippen molar-refractivity contribution in [3.8, 4) is 17.0 Å². The predicted octanol–water partition coefficient (Wildman–Crippen LogP) is 2.08. The molecule has 7 heteroatoms. The number of hydrogen-bond acceptors (Lipinski definition) is 5. The molecule has 4 rings (SSSR count). The van der Waals surface area contributed by atoms with Crippen LogP contribution >= 0.6 is 0 Å². The van der Waals surface area contributed by atoms with Gasteiger partial charge in [0.15, 0.2) is 0 Å². The van der Waals surface area contributed by atoms with Crippen LogP contribution in [0.4, 0.5) is 0 Å². The molecule has 2 aromatic rings. The van der Waals surface area contributed by atoms with Gasteiger partial charge in [-0.1, -0.05) is 5.21 Å². The highest BCUT2D eigenvalue weighted by atomic mass is 16.5. The SMILES string of the molecule is COCCN1C[C@@H](n2cc(-c3ccc4c(c3)CC(C)(C)O4)nn2)CC1=O. The summed E-state index contributed by atoms with van der Waals surface area (Å²) in [6.07, 6.45) is 3.27. The molecule has 0 unspecified atom stereocenters. The first-order valence-corrected chi connectivity index (χ1v) is 8.96. The van der Waals surface area contributed by atoms with E-state index in [9.17, 15) is 4.79 Å². The molecule has 26 heavy (non-hydrogen) atoms. The fourth-order valence-electron chi connectivity index (χ4n) is 3.70. The molecule has 0 N–H and O–H groups in total. The van der Waals surface area contributed by atoms with Gasteiger partial charge in [-0.25, -0.2) is 4.68 Å². The molecular formula is C19H24N4O3. The molecule has 2 aliphatic rings. The fourth-order valence-corrected chi connectivity index (χ4v) is 3.70. The second-order valence-electron chi connectivity index (χ2n) is 7.64. The summed E-state index contributed by atoms with van der Waals surface area (Å²) in [7, 11) is 1.64. The van der Waals surface area contributed by atoms with Crippen molar-refractivity contribution >= 4 is 5.91 Å². The predicted molar refractivity (Wildman–Crippen MR) is 96.0 cm³/mol. The van der Waals surface area contributed by atoms with Gasteiger partial charge in [0.05, 0.1) is 25.3 Å². The number of fused-ring (bicyclic) bond motifs is 1. The first-order chi connectivity index (χ1) is 12.4. The number of likely N-dealkylation sites (tertiary alicyclic amines) is 1. The first-order valence-electron chi connectivity index (χ1n) is 8.96. The molecule has 0 spiro atoms. The molecule has 0 saturated carbocycles. The van der Waals surface area contributed by atoms with E-state index < -0.39 is 0 Å². The van der Waals surface area contributed by atoms with Gasteiger partial charge in [0.2, 0.25) is 5.91 Å². The van der Waals surface area contributed by atoms with Gasteiger partial charge in [0, 0.05) is 32.2 Å². The summed E-state index contributed by atoms with van der Waals surface area (Å²) in [4.78, 5) is 13.9. The summed E-state index contributed by atoms with van der Waals surface area (Å²) in [5.74, 6) is 1.09. The lowest BCUT2D eigenvalue weighted by molar-refractivity contribution is -0.128. The smallest absolute Gasteiger partial charge is 0.224 e. The zero-order valence-corrected chi connectivity index (χ0v) is 15.4. The van der Waals surface area contributed by atoms with Crippen LogP contribution in [0.15, 0.2) is 24.4 Å². The Kier molecular flexibility index (Phi) is 4.19. The van der Waals surface area contributed by atoms with Crippen LogP contribution in [-0.4, -0.2) is 58.2 Å². The third-order valence-corrected chi connectivity index (χ3v) is 5.00. The summed E-state index contributed by atoms with van der Waals surface area (Å²) in [5, 5.41) is 8.59. The molecule has 3 heterocycles. The highest BCUT2D eigenvalue weighted by molar-refractivity contribution is 5.79. The second-order valence-corrected chi connectivity index (χ2v) is 7.64. The maximum atomic E-state index is 12.1. The van der Waals surface area contributed by atoms with Crippen molar-refractivity contribution in [2.45, 2.75) is 38.3 Å². The molecule has 1 saturated heterocycles. The Morgan fingerprint density at radius 3 is 3.04 bits per heavy atom. The van der Waals surface area contributed by atoms with Crippen LogP contribution in [0.1, 0.15) is 31.9 Å². The maximum absolute atomic E-state index is 12.1. The quantitative estimate of drug-likeness (QED) is 0.820. The number of carbonyl (C=O) groups is 1. The Morgan fingerprint density at radius 2 is 2.23 bits per heavy atom. The van der Waals surface area contributed by atoms with Gasteiger partial charge in [0.1, 0.15) is 17.0 Å². The second kappa shape index (κ2) is 6.39. The largest absolute Gasteiger partial charge is 0.487 e. The summed E-state index contributed by atoms with van der Waals surface area (Å²) in [6, 6.07) is 6.17. The topological polar surface area (TPSA) is 69.5 Å². The van der Waals surface area contributed by atoms with Crippen molar-refractivity contribution in [3.05, 3.63) is 30.0 Å². The molecule has 1 atom stereocenters. The van der Waals surface area contributed by atoms with Crippen LogP contribution < -0.4 is 4.74 Å². The lowest BCUT2D eigenvalue weighted by Crippen LogP contribution is -2.29.